The lowest BCUT2D eigenvalue weighted by atomic mass is 10.1. The Kier molecular flexibility index (Phi) is 8.80. The highest BCUT2D eigenvalue weighted by Gasteiger charge is 2.28. The first-order chi connectivity index (χ1) is 14.9. The van der Waals surface area contributed by atoms with Gasteiger partial charge >= 0.3 is 5.69 Å². The van der Waals surface area contributed by atoms with Crippen molar-refractivity contribution < 1.29 is 24.0 Å². The van der Waals surface area contributed by atoms with Crippen molar-refractivity contribution in [1.82, 2.24) is 10.2 Å². The molecular weight excluding hydrogens is 402 g/mol. The van der Waals surface area contributed by atoms with E-state index in [2.05, 4.69) is 5.32 Å². The van der Waals surface area contributed by atoms with Gasteiger partial charge in [-0.1, -0.05) is 37.3 Å². The highest BCUT2D eigenvalue weighted by atomic mass is 16.6. The van der Waals surface area contributed by atoms with Crippen molar-refractivity contribution in [3.05, 3.63) is 64.2 Å². The van der Waals surface area contributed by atoms with E-state index >= 15 is 0 Å². The molecule has 0 heterocycles. The summed E-state index contributed by atoms with van der Waals surface area (Å²) in [4.78, 5) is 37.3. The Morgan fingerprint density at radius 1 is 1.19 bits per heavy atom. The summed E-state index contributed by atoms with van der Waals surface area (Å²) in [5.74, 6) is -0.316. The van der Waals surface area contributed by atoms with Crippen molar-refractivity contribution in [2.75, 3.05) is 27.3 Å². The highest BCUT2D eigenvalue weighted by Crippen LogP contribution is 2.30. The zero-order chi connectivity index (χ0) is 22.8. The maximum Gasteiger partial charge on any atom is 0.311 e. The van der Waals surface area contributed by atoms with Crippen LogP contribution in [0.25, 0.3) is 0 Å². The van der Waals surface area contributed by atoms with Crippen molar-refractivity contribution in [3.63, 3.8) is 0 Å². The van der Waals surface area contributed by atoms with E-state index in [1.54, 1.807) is 0 Å². The molecule has 0 radical (unpaired) electrons. The van der Waals surface area contributed by atoms with Crippen LogP contribution < -0.4 is 14.8 Å². The van der Waals surface area contributed by atoms with E-state index in [0.29, 0.717) is 19.4 Å². The lowest BCUT2D eigenvalue weighted by molar-refractivity contribution is -0.385. The molecule has 9 heteroatoms. The van der Waals surface area contributed by atoms with Crippen LogP contribution in [0.3, 0.4) is 0 Å². The summed E-state index contributed by atoms with van der Waals surface area (Å²) in [5, 5.41) is 13.6. The van der Waals surface area contributed by atoms with Gasteiger partial charge in [-0.15, -0.1) is 0 Å². The summed E-state index contributed by atoms with van der Waals surface area (Å²) >= 11 is 0. The first-order valence-corrected chi connectivity index (χ1v) is 9.91. The van der Waals surface area contributed by atoms with Gasteiger partial charge < -0.3 is 19.7 Å². The summed E-state index contributed by atoms with van der Waals surface area (Å²) in [6.07, 6.45) is 1.04. The minimum absolute atomic E-state index is 0.0349. The summed E-state index contributed by atoms with van der Waals surface area (Å²) in [7, 11) is 2.85. The largest absolute Gasteiger partial charge is 0.490 e. The predicted octanol–water partition coefficient (Wildman–Crippen LogP) is 2.58. The molecule has 31 heavy (non-hydrogen) atoms. The van der Waals surface area contributed by atoms with Crippen molar-refractivity contribution in [3.8, 4) is 11.5 Å². The first-order valence-electron chi connectivity index (χ1n) is 9.91. The fourth-order valence-corrected chi connectivity index (χ4v) is 3.19. The number of nitro benzene ring substituents is 1. The van der Waals surface area contributed by atoms with Crippen LogP contribution in [0.5, 0.6) is 11.5 Å². The van der Waals surface area contributed by atoms with E-state index in [9.17, 15) is 19.7 Å². The number of carbonyl (C=O) groups excluding carboxylic acids is 2. The number of benzene rings is 2. The number of amides is 2. The Bertz CT molecular complexity index is 903. The number of rotatable bonds is 11. The quantitative estimate of drug-likeness (QED) is 0.434. The summed E-state index contributed by atoms with van der Waals surface area (Å²) in [6.45, 7) is 1.87. The van der Waals surface area contributed by atoms with Crippen molar-refractivity contribution in [1.29, 1.82) is 0 Å². The van der Waals surface area contributed by atoms with Crippen molar-refractivity contribution in [2.45, 2.75) is 25.8 Å². The van der Waals surface area contributed by atoms with Crippen molar-refractivity contribution >= 4 is 17.5 Å². The molecule has 1 N–H and O–H groups in total. The van der Waals surface area contributed by atoms with E-state index in [-0.39, 0.29) is 35.6 Å². The normalized spacial score (nSPS) is 11.3. The molecule has 0 spiro atoms. The summed E-state index contributed by atoms with van der Waals surface area (Å²) in [6, 6.07) is 13.1. The van der Waals surface area contributed by atoms with Crippen LogP contribution in [-0.2, 0) is 16.0 Å². The van der Waals surface area contributed by atoms with E-state index in [1.165, 1.54) is 37.3 Å². The summed E-state index contributed by atoms with van der Waals surface area (Å²) in [5.41, 5.74) is 0.851. The number of nitrogens with one attached hydrogen (secondary N) is 1. The molecule has 2 aromatic rings. The third-order valence-corrected chi connectivity index (χ3v) is 4.83. The topological polar surface area (TPSA) is 111 Å². The number of likely N-dealkylation sites (N-methyl/N-ethyl adjacent to an activating group) is 1. The third-order valence-electron chi connectivity index (χ3n) is 4.83. The zero-order valence-corrected chi connectivity index (χ0v) is 17.9. The van der Waals surface area contributed by atoms with Crippen molar-refractivity contribution in [2.24, 2.45) is 0 Å². The maximum atomic E-state index is 13.0. The number of nitro groups is 1. The van der Waals surface area contributed by atoms with Gasteiger partial charge in [-0.3, -0.25) is 19.7 Å². The zero-order valence-electron chi connectivity index (χ0n) is 17.9. The Labute approximate surface area is 181 Å². The number of ether oxygens (including phenoxy) is 2. The van der Waals surface area contributed by atoms with Gasteiger partial charge in [-0.25, -0.2) is 0 Å². The third kappa shape index (κ3) is 6.43. The minimum Gasteiger partial charge on any atom is -0.490 e. The second-order valence-corrected chi connectivity index (χ2v) is 6.74. The van der Waals surface area contributed by atoms with E-state index in [1.807, 2.05) is 37.3 Å². The van der Waals surface area contributed by atoms with Crippen LogP contribution in [0.15, 0.2) is 48.5 Å². The Morgan fingerprint density at radius 2 is 1.90 bits per heavy atom. The fourth-order valence-electron chi connectivity index (χ4n) is 3.19. The standard InChI is InChI=1S/C22H27N3O6/c1-4-18(22(27)23-2)24(13-12-16-8-6-5-7-9-16)21(26)15-31-17-10-11-19(25(28)29)20(14-17)30-3/h5-11,14,18H,4,12-13,15H2,1-3H3,(H,23,27)/t18-/m1/s1. The molecule has 9 nitrogen and oxygen atoms in total. The lowest BCUT2D eigenvalue weighted by Crippen LogP contribution is -2.50. The van der Waals surface area contributed by atoms with Gasteiger partial charge in [-0.05, 0) is 24.5 Å². The molecule has 0 saturated carbocycles. The van der Waals surface area contributed by atoms with Crippen LogP contribution in [-0.4, -0.2) is 55.0 Å². The fraction of sp³-hybridized carbons (Fsp3) is 0.364. The lowest BCUT2D eigenvalue weighted by Gasteiger charge is -2.30. The molecule has 0 aromatic heterocycles. The van der Waals surface area contributed by atoms with Crippen LogP contribution in [0.2, 0.25) is 0 Å². The van der Waals surface area contributed by atoms with E-state index in [4.69, 9.17) is 9.47 Å². The molecule has 2 amide bonds. The molecule has 2 aromatic carbocycles. The molecule has 2 rings (SSSR count). The van der Waals surface area contributed by atoms with Gasteiger partial charge in [0.05, 0.1) is 12.0 Å². The Morgan fingerprint density at radius 3 is 2.48 bits per heavy atom. The molecule has 0 fully saturated rings. The second kappa shape index (κ2) is 11.5. The van der Waals surface area contributed by atoms with Crippen LogP contribution in [0, 0.1) is 10.1 Å². The van der Waals surface area contributed by atoms with Gasteiger partial charge in [0, 0.05) is 25.7 Å². The van der Waals surface area contributed by atoms with Crippen LogP contribution in [0.4, 0.5) is 5.69 Å². The number of carbonyl (C=O) groups is 2. The molecule has 0 unspecified atom stereocenters. The molecule has 0 saturated heterocycles. The van der Waals surface area contributed by atoms with Gasteiger partial charge in [0.2, 0.25) is 11.7 Å². The van der Waals surface area contributed by atoms with Gasteiger partial charge in [0.1, 0.15) is 11.8 Å². The van der Waals surface area contributed by atoms with Crippen LogP contribution >= 0.6 is 0 Å². The van der Waals surface area contributed by atoms with Gasteiger partial charge in [-0.2, -0.15) is 0 Å². The molecule has 0 aliphatic heterocycles. The molecule has 0 aliphatic carbocycles. The molecule has 1 atom stereocenters. The number of hydrogen-bond acceptors (Lipinski definition) is 6. The maximum absolute atomic E-state index is 13.0. The monoisotopic (exact) mass is 429 g/mol. The second-order valence-electron chi connectivity index (χ2n) is 6.74. The average Bonchev–Trinajstić information content (AvgIpc) is 2.79. The highest BCUT2D eigenvalue weighted by molar-refractivity contribution is 5.88. The molecule has 0 aliphatic rings. The smallest absolute Gasteiger partial charge is 0.311 e. The SMILES string of the molecule is CC[C@H](C(=O)NC)N(CCc1ccccc1)C(=O)COc1ccc([N+](=O)[O-])c(OC)c1. The van der Waals surface area contributed by atoms with Gasteiger partial charge in [0.25, 0.3) is 5.91 Å². The van der Waals surface area contributed by atoms with E-state index < -0.39 is 11.0 Å². The number of nitrogens with zero attached hydrogens (tertiary/aromatic N) is 2. The molecular formula is C22H27N3O6. The Balaban J connectivity index is 2.14. The number of hydrogen-bond donors (Lipinski definition) is 1. The predicted molar refractivity (Wildman–Crippen MR) is 115 cm³/mol. The van der Waals surface area contributed by atoms with Crippen LogP contribution in [0.1, 0.15) is 18.9 Å². The minimum atomic E-state index is -0.629. The molecule has 0 bridgehead atoms. The van der Waals surface area contributed by atoms with E-state index in [0.717, 1.165) is 5.56 Å². The number of methoxy groups -OCH3 is 1. The average molecular weight is 429 g/mol. The Hall–Kier alpha value is -3.62. The molecule has 166 valence electrons. The first kappa shape index (κ1) is 23.7. The van der Waals surface area contributed by atoms with Gasteiger partial charge in [0.15, 0.2) is 6.61 Å². The summed E-state index contributed by atoms with van der Waals surface area (Å²) < 4.78 is 10.6.